The predicted molar refractivity (Wildman–Crippen MR) is 97.9 cm³/mol. The highest BCUT2D eigenvalue weighted by molar-refractivity contribution is 5.97. The Morgan fingerprint density at radius 1 is 1.19 bits per heavy atom. The molecule has 7 heteroatoms. The first-order valence-corrected chi connectivity index (χ1v) is 8.52. The number of carbonyl (C=O) groups excluding carboxylic acids is 2. The molecule has 1 aliphatic rings. The van der Waals surface area contributed by atoms with Gasteiger partial charge in [0.05, 0.1) is 25.5 Å². The maximum Gasteiger partial charge on any atom is 0.321 e. The van der Waals surface area contributed by atoms with Crippen molar-refractivity contribution in [3.05, 3.63) is 59.9 Å². The lowest BCUT2D eigenvalue weighted by Gasteiger charge is -2.27. The number of pyridine rings is 1. The number of nitrogens with zero attached hydrogens (tertiary/aromatic N) is 3. The smallest absolute Gasteiger partial charge is 0.321 e. The molecule has 136 valence electrons. The van der Waals surface area contributed by atoms with E-state index >= 15 is 0 Å². The zero-order chi connectivity index (χ0) is 18.4. The lowest BCUT2D eigenvalue weighted by Crippen LogP contribution is -2.40. The number of benzene rings is 1. The van der Waals surface area contributed by atoms with E-state index in [0.29, 0.717) is 44.1 Å². The maximum atomic E-state index is 12.6. The number of amides is 3. The molecular formula is C19H22N4O3. The number of ether oxygens (including phenoxy) is 1. The van der Waals surface area contributed by atoms with Crippen molar-refractivity contribution in [2.45, 2.75) is 6.54 Å². The fourth-order valence-electron chi connectivity index (χ4n) is 2.70. The third-order valence-electron chi connectivity index (χ3n) is 4.13. The third kappa shape index (κ3) is 4.58. The van der Waals surface area contributed by atoms with Gasteiger partial charge >= 0.3 is 6.03 Å². The van der Waals surface area contributed by atoms with E-state index < -0.39 is 0 Å². The van der Waals surface area contributed by atoms with Gasteiger partial charge < -0.3 is 19.9 Å². The topological polar surface area (TPSA) is 74.8 Å². The van der Waals surface area contributed by atoms with E-state index in [9.17, 15) is 9.59 Å². The molecule has 3 rings (SSSR count). The molecule has 2 heterocycles. The first-order valence-electron chi connectivity index (χ1n) is 8.52. The minimum absolute atomic E-state index is 0.0498. The van der Waals surface area contributed by atoms with Gasteiger partial charge in [0.1, 0.15) is 0 Å². The summed E-state index contributed by atoms with van der Waals surface area (Å²) in [7, 11) is 1.70. The van der Waals surface area contributed by atoms with E-state index in [1.807, 2.05) is 18.2 Å². The van der Waals surface area contributed by atoms with Crippen LogP contribution in [0.1, 0.15) is 16.1 Å². The first-order chi connectivity index (χ1) is 12.6. The molecule has 0 unspecified atom stereocenters. The van der Waals surface area contributed by atoms with E-state index in [1.54, 1.807) is 47.3 Å². The van der Waals surface area contributed by atoms with Crippen LogP contribution in [0.2, 0.25) is 0 Å². The quantitative estimate of drug-likeness (QED) is 0.914. The Bertz CT molecular complexity index is 760. The molecule has 0 aliphatic carbocycles. The molecule has 1 aliphatic heterocycles. The lowest BCUT2D eigenvalue weighted by atomic mass is 10.1. The van der Waals surface area contributed by atoms with Gasteiger partial charge in [-0.3, -0.25) is 9.78 Å². The van der Waals surface area contributed by atoms with Crippen LogP contribution >= 0.6 is 0 Å². The number of aromatic nitrogens is 1. The van der Waals surface area contributed by atoms with Gasteiger partial charge in [-0.25, -0.2) is 4.79 Å². The Morgan fingerprint density at radius 2 is 2.00 bits per heavy atom. The molecule has 3 amide bonds. The molecule has 1 aromatic carbocycles. The molecule has 7 nitrogen and oxygen atoms in total. The Labute approximate surface area is 152 Å². The number of carbonyl (C=O) groups is 2. The maximum absolute atomic E-state index is 12.6. The molecule has 1 fully saturated rings. The van der Waals surface area contributed by atoms with Crippen molar-refractivity contribution < 1.29 is 14.3 Å². The summed E-state index contributed by atoms with van der Waals surface area (Å²) in [5.41, 5.74) is 1.94. The summed E-state index contributed by atoms with van der Waals surface area (Å²) >= 11 is 0. The van der Waals surface area contributed by atoms with Crippen LogP contribution in [0.25, 0.3) is 0 Å². The van der Waals surface area contributed by atoms with E-state index in [0.717, 1.165) is 5.69 Å². The van der Waals surface area contributed by atoms with Gasteiger partial charge in [0.25, 0.3) is 5.91 Å². The average molecular weight is 354 g/mol. The van der Waals surface area contributed by atoms with Gasteiger partial charge in [0, 0.05) is 37.6 Å². The number of rotatable bonds is 4. The SMILES string of the molecule is CN(Cc1ccccn1)C(=O)Nc1cccc(C(=O)N2CCOCC2)c1. The Hall–Kier alpha value is -2.93. The molecule has 1 N–H and O–H groups in total. The van der Waals surface area contributed by atoms with Crippen LogP contribution in [0.3, 0.4) is 0 Å². The van der Waals surface area contributed by atoms with Crippen LogP contribution in [0, 0.1) is 0 Å². The van der Waals surface area contributed by atoms with Gasteiger partial charge in [-0.2, -0.15) is 0 Å². The van der Waals surface area contributed by atoms with Gasteiger partial charge in [-0.05, 0) is 30.3 Å². The molecule has 0 atom stereocenters. The Balaban J connectivity index is 1.62. The van der Waals surface area contributed by atoms with Crippen molar-refractivity contribution in [3.8, 4) is 0 Å². The summed E-state index contributed by atoms with van der Waals surface area (Å²) in [6.07, 6.45) is 1.70. The number of hydrogen-bond acceptors (Lipinski definition) is 4. The molecule has 0 spiro atoms. The Morgan fingerprint density at radius 3 is 2.73 bits per heavy atom. The molecular weight excluding hydrogens is 332 g/mol. The molecule has 1 saturated heterocycles. The second kappa shape index (κ2) is 8.44. The van der Waals surface area contributed by atoms with Crippen LogP contribution in [0.15, 0.2) is 48.7 Å². The van der Waals surface area contributed by atoms with Crippen molar-refractivity contribution in [1.29, 1.82) is 0 Å². The van der Waals surface area contributed by atoms with Crippen LogP contribution in [-0.4, -0.2) is 60.1 Å². The first kappa shape index (κ1) is 17.9. The summed E-state index contributed by atoms with van der Waals surface area (Å²) in [5.74, 6) is -0.0498. The number of nitrogens with one attached hydrogen (secondary N) is 1. The molecule has 1 aromatic heterocycles. The van der Waals surface area contributed by atoms with Crippen molar-refractivity contribution in [1.82, 2.24) is 14.8 Å². The van der Waals surface area contributed by atoms with Gasteiger partial charge in [-0.15, -0.1) is 0 Å². The third-order valence-corrected chi connectivity index (χ3v) is 4.13. The minimum Gasteiger partial charge on any atom is -0.378 e. The van der Waals surface area contributed by atoms with Crippen molar-refractivity contribution in [3.63, 3.8) is 0 Å². The second-order valence-electron chi connectivity index (χ2n) is 6.09. The Kier molecular flexibility index (Phi) is 5.80. The number of anilines is 1. The van der Waals surface area contributed by atoms with Gasteiger partial charge in [0.2, 0.25) is 0 Å². The van der Waals surface area contributed by atoms with Crippen molar-refractivity contribution in [2.75, 3.05) is 38.7 Å². The molecule has 0 saturated carbocycles. The summed E-state index contributed by atoms with van der Waals surface area (Å²) in [4.78, 5) is 32.4. The second-order valence-corrected chi connectivity index (χ2v) is 6.09. The van der Waals surface area contributed by atoms with Crippen LogP contribution in [-0.2, 0) is 11.3 Å². The molecule has 26 heavy (non-hydrogen) atoms. The summed E-state index contributed by atoms with van der Waals surface area (Å²) in [5, 5.41) is 2.82. The van der Waals surface area contributed by atoms with Crippen molar-refractivity contribution in [2.24, 2.45) is 0 Å². The summed E-state index contributed by atoms with van der Waals surface area (Å²) in [6, 6.07) is 12.3. The van der Waals surface area contributed by atoms with Crippen molar-refractivity contribution >= 4 is 17.6 Å². The monoisotopic (exact) mass is 354 g/mol. The average Bonchev–Trinajstić information content (AvgIpc) is 2.69. The summed E-state index contributed by atoms with van der Waals surface area (Å²) < 4.78 is 5.28. The molecule has 0 bridgehead atoms. The fraction of sp³-hybridized carbons (Fsp3) is 0.316. The number of morpholine rings is 1. The normalized spacial score (nSPS) is 14.0. The highest BCUT2D eigenvalue weighted by Crippen LogP contribution is 2.14. The lowest BCUT2D eigenvalue weighted by molar-refractivity contribution is 0.0303. The number of urea groups is 1. The van der Waals surface area contributed by atoms with E-state index in [4.69, 9.17) is 4.74 Å². The number of hydrogen-bond donors (Lipinski definition) is 1. The van der Waals surface area contributed by atoms with Gasteiger partial charge in [-0.1, -0.05) is 12.1 Å². The summed E-state index contributed by atoms with van der Waals surface area (Å²) in [6.45, 7) is 2.69. The zero-order valence-corrected chi connectivity index (χ0v) is 14.7. The van der Waals surface area contributed by atoms with Crippen LogP contribution in [0.4, 0.5) is 10.5 Å². The zero-order valence-electron chi connectivity index (χ0n) is 14.7. The fourth-order valence-corrected chi connectivity index (χ4v) is 2.70. The van der Waals surface area contributed by atoms with E-state index in [1.165, 1.54) is 0 Å². The van der Waals surface area contributed by atoms with Gasteiger partial charge in [0.15, 0.2) is 0 Å². The highest BCUT2D eigenvalue weighted by Gasteiger charge is 2.19. The highest BCUT2D eigenvalue weighted by atomic mass is 16.5. The van der Waals surface area contributed by atoms with E-state index in [-0.39, 0.29) is 11.9 Å². The molecule has 0 radical (unpaired) electrons. The largest absolute Gasteiger partial charge is 0.378 e. The minimum atomic E-state index is -0.258. The van der Waals surface area contributed by atoms with Crippen LogP contribution < -0.4 is 5.32 Å². The van der Waals surface area contributed by atoms with Crippen LogP contribution in [0.5, 0.6) is 0 Å². The van der Waals surface area contributed by atoms with E-state index in [2.05, 4.69) is 10.3 Å². The molecule has 2 aromatic rings. The predicted octanol–water partition coefficient (Wildman–Crippen LogP) is 2.22. The standard InChI is InChI=1S/C19H22N4O3/c1-22(14-17-6-2-3-8-20-17)19(25)21-16-7-4-5-15(13-16)18(24)23-9-11-26-12-10-23/h2-8,13H,9-12,14H2,1H3,(H,21,25).